The van der Waals surface area contributed by atoms with Crippen molar-refractivity contribution in [2.45, 2.75) is 26.8 Å². The molecule has 0 aliphatic carbocycles. The Morgan fingerprint density at radius 2 is 1.81 bits per heavy atom. The second kappa shape index (κ2) is 7.95. The largest absolute Gasteiger partial charge is 0.378 e. The molecule has 0 aliphatic rings. The van der Waals surface area contributed by atoms with Crippen LogP contribution in [0.3, 0.4) is 0 Å². The molecule has 0 saturated heterocycles. The molecule has 0 unspecified atom stereocenters. The van der Waals surface area contributed by atoms with Crippen LogP contribution >= 0.6 is 0 Å². The summed E-state index contributed by atoms with van der Waals surface area (Å²) in [4.78, 5) is 15.3. The first-order valence-electron chi connectivity index (χ1n) is 8.75. The van der Waals surface area contributed by atoms with Crippen LogP contribution in [0.4, 0.5) is 11.6 Å². The number of anilines is 2. The van der Waals surface area contributed by atoms with Crippen LogP contribution in [-0.4, -0.2) is 45.4 Å². The van der Waals surface area contributed by atoms with Crippen molar-refractivity contribution in [2.24, 2.45) is 0 Å². The predicted octanol–water partition coefficient (Wildman–Crippen LogP) is 2.92. The predicted molar refractivity (Wildman–Crippen MR) is 104 cm³/mol. The van der Waals surface area contributed by atoms with Crippen LogP contribution in [0, 0.1) is 13.8 Å². The molecule has 7 heteroatoms. The van der Waals surface area contributed by atoms with Gasteiger partial charge in [0.15, 0.2) is 0 Å². The highest BCUT2D eigenvalue weighted by atomic mass is 15.3. The van der Waals surface area contributed by atoms with E-state index in [0.29, 0.717) is 5.95 Å². The van der Waals surface area contributed by atoms with Crippen LogP contribution in [0.25, 0.3) is 11.3 Å². The minimum absolute atomic E-state index is 0.644. The van der Waals surface area contributed by atoms with Gasteiger partial charge in [-0.1, -0.05) is 12.1 Å². The molecule has 1 aromatic carbocycles. The van der Waals surface area contributed by atoms with Gasteiger partial charge in [0.25, 0.3) is 0 Å². The number of nitrogens with one attached hydrogen (secondary N) is 1. The Kier molecular flexibility index (Phi) is 5.46. The topological polar surface area (TPSA) is 71.8 Å². The maximum Gasteiger partial charge on any atom is 0.223 e. The van der Waals surface area contributed by atoms with Gasteiger partial charge in [-0.25, -0.2) is 15.0 Å². The maximum absolute atomic E-state index is 4.61. The third-order valence-corrected chi connectivity index (χ3v) is 4.13. The van der Waals surface area contributed by atoms with E-state index < -0.39 is 0 Å². The van der Waals surface area contributed by atoms with Gasteiger partial charge in [0, 0.05) is 44.6 Å². The van der Waals surface area contributed by atoms with Crippen LogP contribution in [0.2, 0.25) is 0 Å². The monoisotopic (exact) mass is 351 g/mol. The number of hydrogen-bond acceptors (Lipinski definition) is 6. The van der Waals surface area contributed by atoms with Gasteiger partial charge in [0.2, 0.25) is 5.95 Å². The Morgan fingerprint density at radius 1 is 1.04 bits per heavy atom. The van der Waals surface area contributed by atoms with Gasteiger partial charge in [-0.3, -0.25) is 4.68 Å². The molecule has 3 aromatic rings. The third kappa shape index (κ3) is 4.36. The molecule has 136 valence electrons. The molecule has 0 atom stereocenters. The number of benzene rings is 1. The first-order valence-corrected chi connectivity index (χ1v) is 8.75. The number of aryl methyl sites for hydroxylation is 3. The molecular weight excluding hydrogens is 326 g/mol. The van der Waals surface area contributed by atoms with Gasteiger partial charge < -0.3 is 10.2 Å². The highest BCUT2D eigenvalue weighted by Gasteiger charge is 2.04. The van der Waals surface area contributed by atoms with Crippen molar-refractivity contribution in [1.82, 2.24) is 24.7 Å². The summed E-state index contributed by atoms with van der Waals surface area (Å²) in [5, 5.41) is 7.66. The van der Waals surface area contributed by atoms with Gasteiger partial charge >= 0.3 is 0 Å². The van der Waals surface area contributed by atoms with Gasteiger partial charge in [-0.15, -0.1) is 0 Å². The fourth-order valence-electron chi connectivity index (χ4n) is 2.74. The Hall–Kier alpha value is -2.96. The highest BCUT2D eigenvalue weighted by Crippen LogP contribution is 2.21. The lowest BCUT2D eigenvalue weighted by atomic mass is 10.1. The number of rotatable bonds is 7. The molecule has 7 nitrogen and oxygen atoms in total. The van der Waals surface area contributed by atoms with Gasteiger partial charge in [-0.2, -0.15) is 5.10 Å². The van der Waals surface area contributed by atoms with Crippen LogP contribution in [0.15, 0.2) is 36.5 Å². The Morgan fingerprint density at radius 3 is 2.46 bits per heavy atom. The van der Waals surface area contributed by atoms with E-state index >= 15 is 0 Å². The van der Waals surface area contributed by atoms with E-state index in [1.165, 1.54) is 5.69 Å². The molecule has 0 bridgehead atoms. The van der Waals surface area contributed by atoms with E-state index in [1.807, 2.05) is 38.7 Å². The highest BCUT2D eigenvalue weighted by molar-refractivity contribution is 5.63. The summed E-state index contributed by atoms with van der Waals surface area (Å²) in [5.41, 5.74) is 3.16. The summed E-state index contributed by atoms with van der Waals surface area (Å²) in [5.74, 6) is 2.40. The van der Waals surface area contributed by atoms with E-state index in [1.54, 1.807) is 6.20 Å². The average molecular weight is 351 g/mol. The standard InChI is InChI=1S/C19H25N7/c1-14-22-15(2)26(24-14)13-5-11-20-19-21-12-10-18(23-19)16-6-8-17(9-7-16)25(3)4/h6-10,12H,5,11,13H2,1-4H3,(H,20,21,23). The summed E-state index contributed by atoms with van der Waals surface area (Å²) in [6.45, 7) is 5.49. The molecule has 1 N–H and O–H groups in total. The zero-order valence-corrected chi connectivity index (χ0v) is 15.8. The second-order valence-corrected chi connectivity index (χ2v) is 6.42. The molecule has 2 heterocycles. The number of nitrogens with zero attached hydrogens (tertiary/aromatic N) is 6. The maximum atomic E-state index is 4.61. The Balaban J connectivity index is 1.58. The molecule has 3 rings (SSSR count). The summed E-state index contributed by atoms with van der Waals surface area (Å²) in [6, 6.07) is 10.3. The van der Waals surface area contributed by atoms with Gasteiger partial charge in [0.1, 0.15) is 11.6 Å². The summed E-state index contributed by atoms with van der Waals surface area (Å²) in [7, 11) is 4.06. The third-order valence-electron chi connectivity index (χ3n) is 4.13. The van der Waals surface area contributed by atoms with Crippen molar-refractivity contribution in [3.05, 3.63) is 48.2 Å². The lowest BCUT2D eigenvalue weighted by Gasteiger charge is -2.12. The normalized spacial score (nSPS) is 10.8. The quantitative estimate of drug-likeness (QED) is 0.660. The fraction of sp³-hybridized carbons (Fsp3) is 0.368. The molecule has 0 fully saturated rings. The van der Waals surface area contributed by atoms with Crippen molar-refractivity contribution in [2.75, 3.05) is 30.9 Å². The zero-order chi connectivity index (χ0) is 18.5. The number of aromatic nitrogens is 5. The SMILES string of the molecule is Cc1nc(C)n(CCCNc2nccc(-c3ccc(N(C)C)cc3)n2)n1. The van der Waals surface area contributed by atoms with Crippen molar-refractivity contribution >= 4 is 11.6 Å². The summed E-state index contributed by atoms with van der Waals surface area (Å²) in [6.07, 6.45) is 2.71. The van der Waals surface area contributed by atoms with Gasteiger partial charge in [0.05, 0.1) is 5.69 Å². The minimum atomic E-state index is 0.644. The van der Waals surface area contributed by atoms with Crippen LogP contribution < -0.4 is 10.2 Å². The zero-order valence-electron chi connectivity index (χ0n) is 15.8. The molecule has 0 saturated carbocycles. The minimum Gasteiger partial charge on any atom is -0.378 e. The van der Waals surface area contributed by atoms with E-state index in [9.17, 15) is 0 Å². The van der Waals surface area contributed by atoms with Gasteiger partial charge in [-0.05, 0) is 38.5 Å². The first kappa shape index (κ1) is 17.8. The van der Waals surface area contributed by atoms with Crippen molar-refractivity contribution in [3.8, 4) is 11.3 Å². The van der Waals surface area contributed by atoms with E-state index in [4.69, 9.17) is 0 Å². The Labute approximate surface area is 154 Å². The van der Waals surface area contributed by atoms with Crippen LogP contribution in [-0.2, 0) is 6.54 Å². The lowest BCUT2D eigenvalue weighted by molar-refractivity contribution is 0.571. The van der Waals surface area contributed by atoms with E-state index in [2.05, 4.69) is 54.5 Å². The van der Waals surface area contributed by atoms with E-state index in [0.717, 1.165) is 42.4 Å². The molecule has 2 aromatic heterocycles. The molecule has 0 aliphatic heterocycles. The fourth-order valence-corrected chi connectivity index (χ4v) is 2.74. The van der Waals surface area contributed by atoms with Crippen molar-refractivity contribution in [3.63, 3.8) is 0 Å². The summed E-state index contributed by atoms with van der Waals surface area (Å²) >= 11 is 0. The first-order chi connectivity index (χ1) is 12.5. The average Bonchev–Trinajstić information content (AvgIpc) is 2.96. The molecular formula is C19H25N7. The lowest BCUT2D eigenvalue weighted by Crippen LogP contribution is -2.10. The van der Waals surface area contributed by atoms with Crippen LogP contribution in [0.5, 0.6) is 0 Å². The van der Waals surface area contributed by atoms with E-state index in [-0.39, 0.29) is 0 Å². The van der Waals surface area contributed by atoms with Crippen LogP contribution in [0.1, 0.15) is 18.1 Å². The molecule has 0 spiro atoms. The smallest absolute Gasteiger partial charge is 0.223 e. The van der Waals surface area contributed by atoms with Crippen molar-refractivity contribution in [1.29, 1.82) is 0 Å². The molecule has 0 amide bonds. The summed E-state index contributed by atoms with van der Waals surface area (Å²) < 4.78 is 1.93. The Bertz CT molecular complexity index is 853. The molecule has 0 radical (unpaired) electrons. The molecule has 26 heavy (non-hydrogen) atoms. The van der Waals surface area contributed by atoms with Crippen molar-refractivity contribution < 1.29 is 0 Å². The second-order valence-electron chi connectivity index (χ2n) is 6.42. The number of hydrogen-bond donors (Lipinski definition) is 1.